The van der Waals surface area contributed by atoms with E-state index in [0.29, 0.717) is 13.0 Å². The summed E-state index contributed by atoms with van der Waals surface area (Å²) < 4.78 is 11.9. The summed E-state index contributed by atoms with van der Waals surface area (Å²) in [7, 11) is 0. The first-order chi connectivity index (χ1) is 16.1. The van der Waals surface area contributed by atoms with E-state index >= 15 is 0 Å². The van der Waals surface area contributed by atoms with Gasteiger partial charge in [-0.05, 0) is 24.0 Å². The molecule has 0 aromatic heterocycles. The average Bonchev–Trinajstić information content (AvgIpc) is 3.25. The van der Waals surface area contributed by atoms with Crippen molar-refractivity contribution in [3.8, 4) is 0 Å². The van der Waals surface area contributed by atoms with E-state index in [1.165, 1.54) is 4.90 Å². The quantitative estimate of drug-likeness (QED) is 0.512. The Kier molecular flexibility index (Phi) is 7.09. The second kappa shape index (κ2) is 10.2. The highest BCUT2D eigenvalue weighted by Crippen LogP contribution is 2.40. The summed E-state index contributed by atoms with van der Waals surface area (Å²) in [5.74, 6) is -0.762. The van der Waals surface area contributed by atoms with Crippen LogP contribution in [0, 0.1) is 11.8 Å². The van der Waals surface area contributed by atoms with Crippen LogP contribution in [0.5, 0.6) is 0 Å². The van der Waals surface area contributed by atoms with Gasteiger partial charge in [0.1, 0.15) is 12.6 Å². The van der Waals surface area contributed by atoms with E-state index in [0.717, 1.165) is 17.5 Å². The molecule has 1 aliphatic carbocycles. The molecule has 33 heavy (non-hydrogen) atoms. The number of hydrogen-bond acceptors (Lipinski definition) is 4. The molecule has 0 spiro atoms. The third kappa shape index (κ3) is 4.79. The van der Waals surface area contributed by atoms with Gasteiger partial charge in [0.25, 0.3) is 0 Å². The van der Waals surface area contributed by atoms with Crippen molar-refractivity contribution in [1.29, 1.82) is 0 Å². The number of carbonyl (C=O) groups is 2. The summed E-state index contributed by atoms with van der Waals surface area (Å²) in [6, 6.07) is 19.2. The summed E-state index contributed by atoms with van der Waals surface area (Å²) in [5.41, 5.74) is 1.36. The fourth-order valence-electron chi connectivity index (χ4n) is 5.00. The maximum absolute atomic E-state index is 13.7. The Labute approximate surface area is 195 Å². The highest BCUT2D eigenvalue weighted by atomic mass is 16.6. The van der Waals surface area contributed by atoms with Gasteiger partial charge in [0.2, 0.25) is 5.91 Å². The van der Waals surface area contributed by atoms with Gasteiger partial charge in [-0.15, -0.1) is 0 Å². The van der Waals surface area contributed by atoms with E-state index in [1.807, 2.05) is 79.7 Å². The molecule has 2 aromatic rings. The van der Waals surface area contributed by atoms with Crippen molar-refractivity contribution in [2.75, 3.05) is 6.61 Å². The normalized spacial score (nSPS) is 23.9. The Hall–Kier alpha value is -3.18. The third-order valence-corrected chi connectivity index (χ3v) is 6.77. The number of amides is 2. The standard InChI is InChI=1S/C28H31NO4/c1-3-24(28(17-11-6-12-18-28)33-19-22-13-7-4-8-14-22)21(2)26(30)29-25(20-32-27(29)31)23-15-9-5-10-16-23/h4-17,21,24-25H,3,18-20H2,1-2H3/t21-,24-,25+,28?/m1/s1. The molecule has 5 heteroatoms. The van der Waals surface area contributed by atoms with Gasteiger partial charge in [-0.25, -0.2) is 9.69 Å². The van der Waals surface area contributed by atoms with E-state index in [2.05, 4.69) is 19.1 Å². The smallest absolute Gasteiger partial charge is 0.417 e. The predicted octanol–water partition coefficient (Wildman–Crippen LogP) is 5.84. The topological polar surface area (TPSA) is 55.8 Å². The molecule has 4 rings (SSSR count). The Bertz CT molecular complexity index is 1020. The largest absolute Gasteiger partial charge is 0.446 e. The lowest BCUT2D eigenvalue weighted by Crippen LogP contribution is -2.48. The van der Waals surface area contributed by atoms with Gasteiger partial charge < -0.3 is 9.47 Å². The molecule has 0 N–H and O–H groups in total. The zero-order valence-electron chi connectivity index (χ0n) is 19.2. The zero-order chi connectivity index (χ0) is 23.3. The molecular formula is C28H31NO4. The minimum atomic E-state index is -0.625. The highest BCUT2D eigenvalue weighted by molar-refractivity contribution is 5.95. The number of allylic oxidation sites excluding steroid dienone is 2. The van der Waals surface area contributed by atoms with Crippen molar-refractivity contribution < 1.29 is 19.1 Å². The van der Waals surface area contributed by atoms with Gasteiger partial charge >= 0.3 is 6.09 Å². The van der Waals surface area contributed by atoms with Gasteiger partial charge in [-0.1, -0.05) is 98.8 Å². The van der Waals surface area contributed by atoms with Crippen LogP contribution in [0.1, 0.15) is 43.9 Å². The molecule has 2 aliphatic rings. The molecular weight excluding hydrogens is 414 g/mol. The minimum Gasteiger partial charge on any atom is -0.446 e. The van der Waals surface area contributed by atoms with E-state index in [4.69, 9.17) is 9.47 Å². The summed E-state index contributed by atoms with van der Waals surface area (Å²) in [4.78, 5) is 27.6. The van der Waals surface area contributed by atoms with Crippen LogP contribution in [0.3, 0.4) is 0 Å². The van der Waals surface area contributed by atoms with Gasteiger partial charge in [-0.3, -0.25) is 4.79 Å². The Morgan fingerprint density at radius 3 is 2.45 bits per heavy atom. The number of cyclic esters (lactones) is 1. The fraction of sp³-hybridized carbons (Fsp3) is 0.357. The lowest BCUT2D eigenvalue weighted by molar-refractivity contribution is -0.141. The summed E-state index contributed by atoms with van der Waals surface area (Å²) in [6.07, 6.45) is 9.00. The van der Waals surface area contributed by atoms with Crippen LogP contribution in [0.4, 0.5) is 4.79 Å². The van der Waals surface area contributed by atoms with Crippen LogP contribution in [-0.2, 0) is 20.9 Å². The number of ether oxygens (including phenoxy) is 2. The Balaban J connectivity index is 1.58. The number of nitrogens with zero attached hydrogens (tertiary/aromatic N) is 1. The van der Waals surface area contributed by atoms with E-state index < -0.39 is 23.7 Å². The summed E-state index contributed by atoms with van der Waals surface area (Å²) in [6.45, 7) is 4.61. The Morgan fingerprint density at radius 2 is 1.82 bits per heavy atom. The van der Waals surface area contributed by atoms with E-state index in [9.17, 15) is 9.59 Å². The maximum atomic E-state index is 13.7. The van der Waals surface area contributed by atoms with Crippen LogP contribution in [0.2, 0.25) is 0 Å². The molecule has 2 aromatic carbocycles. The SMILES string of the molecule is CC[C@H]([C@@H](C)C(=O)N1C(=O)OC[C@H]1c1ccccc1)C1(OCc2ccccc2)C=CC=CC1. The van der Waals surface area contributed by atoms with Crippen molar-refractivity contribution in [1.82, 2.24) is 4.90 Å². The molecule has 2 amide bonds. The van der Waals surface area contributed by atoms with Crippen molar-refractivity contribution in [2.24, 2.45) is 11.8 Å². The molecule has 0 radical (unpaired) electrons. The number of carbonyl (C=O) groups excluding carboxylic acids is 2. The van der Waals surface area contributed by atoms with Gasteiger partial charge in [0.05, 0.1) is 12.2 Å². The van der Waals surface area contributed by atoms with Crippen molar-refractivity contribution >= 4 is 12.0 Å². The van der Waals surface area contributed by atoms with E-state index in [-0.39, 0.29) is 18.4 Å². The number of hydrogen-bond donors (Lipinski definition) is 0. The minimum absolute atomic E-state index is 0.111. The molecule has 4 atom stereocenters. The molecule has 0 bridgehead atoms. The molecule has 1 unspecified atom stereocenters. The summed E-state index contributed by atoms with van der Waals surface area (Å²) >= 11 is 0. The van der Waals surface area contributed by atoms with E-state index in [1.54, 1.807) is 0 Å². The average molecular weight is 446 g/mol. The van der Waals surface area contributed by atoms with Gasteiger partial charge in [0.15, 0.2) is 0 Å². The molecule has 1 saturated heterocycles. The van der Waals surface area contributed by atoms with Crippen LogP contribution in [0.15, 0.2) is 85.0 Å². The third-order valence-electron chi connectivity index (χ3n) is 6.77. The monoisotopic (exact) mass is 445 g/mol. The van der Waals surface area contributed by atoms with Crippen LogP contribution in [0.25, 0.3) is 0 Å². The molecule has 5 nitrogen and oxygen atoms in total. The second-order valence-electron chi connectivity index (χ2n) is 8.74. The molecule has 1 aliphatic heterocycles. The van der Waals surface area contributed by atoms with Crippen LogP contribution < -0.4 is 0 Å². The molecule has 1 fully saturated rings. The Morgan fingerprint density at radius 1 is 1.12 bits per heavy atom. The molecule has 172 valence electrons. The summed E-state index contributed by atoms with van der Waals surface area (Å²) in [5, 5.41) is 0. The van der Waals surface area contributed by atoms with Crippen molar-refractivity contribution in [3.63, 3.8) is 0 Å². The predicted molar refractivity (Wildman–Crippen MR) is 127 cm³/mol. The first-order valence-corrected chi connectivity index (χ1v) is 11.6. The number of imide groups is 1. The number of rotatable bonds is 8. The van der Waals surface area contributed by atoms with Crippen LogP contribution >= 0.6 is 0 Å². The first kappa shape index (κ1) is 23.0. The van der Waals surface area contributed by atoms with Gasteiger partial charge in [-0.2, -0.15) is 0 Å². The maximum Gasteiger partial charge on any atom is 0.417 e. The first-order valence-electron chi connectivity index (χ1n) is 11.6. The lowest BCUT2D eigenvalue weighted by atomic mass is 9.73. The second-order valence-corrected chi connectivity index (χ2v) is 8.74. The lowest BCUT2D eigenvalue weighted by Gasteiger charge is -2.42. The molecule has 1 heterocycles. The zero-order valence-corrected chi connectivity index (χ0v) is 19.2. The van der Waals surface area contributed by atoms with Gasteiger partial charge in [0, 0.05) is 11.8 Å². The number of benzene rings is 2. The highest BCUT2D eigenvalue weighted by Gasteiger charge is 2.47. The van der Waals surface area contributed by atoms with Crippen molar-refractivity contribution in [3.05, 3.63) is 96.1 Å². The van der Waals surface area contributed by atoms with Crippen LogP contribution in [-0.4, -0.2) is 29.1 Å². The molecule has 0 saturated carbocycles. The van der Waals surface area contributed by atoms with Crippen molar-refractivity contribution in [2.45, 2.75) is 44.9 Å². The fourth-order valence-corrected chi connectivity index (χ4v) is 5.00.